The zero-order chi connectivity index (χ0) is 13.2. The molecule has 96 valence electrons. The molecule has 4 heteroatoms. The standard InChI is InChI=1S/C15H10Cl2OS/c16-12-5-1-2-7-14(12)18-9-11-8-10-4-3-6-13(17)15(10)19-11/h1-8H,9H2. The molecule has 0 fully saturated rings. The van der Waals surface area contributed by atoms with E-state index in [1.54, 1.807) is 11.3 Å². The molecule has 0 aliphatic carbocycles. The van der Waals surface area contributed by atoms with Crippen molar-refractivity contribution in [2.24, 2.45) is 0 Å². The summed E-state index contributed by atoms with van der Waals surface area (Å²) in [5.74, 6) is 0.702. The second-order valence-corrected chi connectivity index (χ2v) is 6.04. The van der Waals surface area contributed by atoms with Crippen LogP contribution in [-0.4, -0.2) is 0 Å². The van der Waals surface area contributed by atoms with E-state index in [9.17, 15) is 0 Å². The van der Waals surface area contributed by atoms with Gasteiger partial charge in [0.25, 0.3) is 0 Å². The Morgan fingerprint density at radius 1 is 0.947 bits per heavy atom. The summed E-state index contributed by atoms with van der Waals surface area (Å²) in [7, 11) is 0. The van der Waals surface area contributed by atoms with Gasteiger partial charge in [0.2, 0.25) is 0 Å². The van der Waals surface area contributed by atoms with E-state index in [1.165, 1.54) is 0 Å². The second kappa shape index (κ2) is 5.41. The van der Waals surface area contributed by atoms with Crippen molar-refractivity contribution in [3.05, 3.63) is 63.5 Å². The first-order valence-electron chi connectivity index (χ1n) is 5.78. The second-order valence-electron chi connectivity index (χ2n) is 4.09. The number of para-hydroxylation sites is 1. The Hall–Kier alpha value is -1.22. The summed E-state index contributed by atoms with van der Waals surface area (Å²) < 4.78 is 6.83. The monoisotopic (exact) mass is 308 g/mol. The molecule has 0 radical (unpaired) electrons. The van der Waals surface area contributed by atoms with E-state index >= 15 is 0 Å². The summed E-state index contributed by atoms with van der Waals surface area (Å²) in [5, 5.41) is 2.56. The quantitative estimate of drug-likeness (QED) is 0.595. The van der Waals surface area contributed by atoms with Gasteiger partial charge in [0, 0.05) is 4.88 Å². The molecule has 0 saturated carbocycles. The van der Waals surface area contributed by atoms with Gasteiger partial charge in [0.15, 0.2) is 0 Å². The highest BCUT2D eigenvalue weighted by molar-refractivity contribution is 7.19. The fourth-order valence-electron chi connectivity index (χ4n) is 1.86. The van der Waals surface area contributed by atoms with Crippen LogP contribution in [-0.2, 0) is 6.61 Å². The van der Waals surface area contributed by atoms with E-state index in [1.807, 2.05) is 36.4 Å². The molecule has 0 aliphatic rings. The van der Waals surface area contributed by atoms with E-state index in [0.29, 0.717) is 17.4 Å². The van der Waals surface area contributed by atoms with Crippen LogP contribution in [0.5, 0.6) is 5.75 Å². The van der Waals surface area contributed by atoms with Crippen molar-refractivity contribution in [2.45, 2.75) is 6.61 Å². The largest absolute Gasteiger partial charge is 0.487 e. The fourth-order valence-corrected chi connectivity index (χ4v) is 3.33. The number of hydrogen-bond donors (Lipinski definition) is 0. The molecule has 3 rings (SSSR count). The Morgan fingerprint density at radius 3 is 2.53 bits per heavy atom. The molecule has 0 atom stereocenters. The van der Waals surface area contributed by atoms with Gasteiger partial charge in [-0.3, -0.25) is 0 Å². The molecule has 1 heterocycles. The molecule has 0 amide bonds. The summed E-state index contributed by atoms with van der Waals surface area (Å²) in [6.45, 7) is 0.499. The Bertz CT molecular complexity index is 721. The SMILES string of the molecule is Clc1ccccc1OCc1cc2cccc(Cl)c2s1. The highest BCUT2D eigenvalue weighted by atomic mass is 35.5. The summed E-state index contributed by atoms with van der Waals surface area (Å²) in [6, 6.07) is 15.5. The maximum Gasteiger partial charge on any atom is 0.138 e. The third kappa shape index (κ3) is 2.71. The molecule has 3 aromatic rings. The van der Waals surface area contributed by atoms with Crippen LogP contribution in [0.4, 0.5) is 0 Å². The van der Waals surface area contributed by atoms with Crippen LogP contribution in [0.1, 0.15) is 4.88 Å². The van der Waals surface area contributed by atoms with Crippen molar-refractivity contribution in [3.8, 4) is 5.75 Å². The molecule has 1 nitrogen and oxygen atoms in total. The molecule has 0 saturated heterocycles. The third-order valence-corrected chi connectivity index (χ3v) is 4.65. The first-order chi connectivity index (χ1) is 9.24. The summed E-state index contributed by atoms with van der Waals surface area (Å²) in [6.07, 6.45) is 0. The van der Waals surface area contributed by atoms with Crippen LogP contribution >= 0.6 is 34.5 Å². The molecule has 0 aliphatic heterocycles. The lowest BCUT2D eigenvalue weighted by molar-refractivity contribution is 0.310. The van der Waals surface area contributed by atoms with Gasteiger partial charge in [-0.2, -0.15) is 0 Å². The van der Waals surface area contributed by atoms with Gasteiger partial charge >= 0.3 is 0 Å². The van der Waals surface area contributed by atoms with Gasteiger partial charge in [0.05, 0.1) is 14.7 Å². The van der Waals surface area contributed by atoms with Crippen LogP contribution in [0.25, 0.3) is 10.1 Å². The lowest BCUT2D eigenvalue weighted by atomic mass is 10.2. The van der Waals surface area contributed by atoms with Crippen molar-refractivity contribution in [3.63, 3.8) is 0 Å². The minimum absolute atomic E-state index is 0.499. The number of thiophene rings is 1. The van der Waals surface area contributed by atoms with Gasteiger partial charge in [0.1, 0.15) is 12.4 Å². The molecule has 0 N–H and O–H groups in total. The highest BCUT2D eigenvalue weighted by Gasteiger charge is 2.06. The third-order valence-electron chi connectivity index (χ3n) is 2.75. The number of hydrogen-bond acceptors (Lipinski definition) is 2. The highest BCUT2D eigenvalue weighted by Crippen LogP contribution is 2.33. The molecule has 19 heavy (non-hydrogen) atoms. The maximum atomic E-state index is 6.16. The van der Waals surface area contributed by atoms with Gasteiger partial charge in [-0.05, 0) is 29.7 Å². The average molecular weight is 309 g/mol. The van der Waals surface area contributed by atoms with E-state index in [-0.39, 0.29) is 0 Å². The van der Waals surface area contributed by atoms with Crippen LogP contribution in [0, 0.1) is 0 Å². The number of rotatable bonds is 3. The van der Waals surface area contributed by atoms with Crippen molar-refractivity contribution >= 4 is 44.6 Å². The predicted molar refractivity (Wildman–Crippen MR) is 82.6 cm³/mol. The molecule has 0 unspecified atom stereocenters. The number of halogens is 2. The van der Waals surface area contributed by atoms with Crippen molar-refractivity contribution < 1.29 is 4.74 Å². The van der Waals surface area contributed by atoms with E-state index in [4.69, 9.17) is 27.9 Å². The molecule has 0 bridgehead atoms. The van der Waals surface area contributed by atoms with Crippen LogP contribution in [0.2, 0.25) is 10.0 Å². The average Bonchev–Trinajstić information content (AvgIpc) is 2.82. The number of benzene rings is 2. The number of ether oxygens (including phenoxy) is 1. The topological polar surface area (TPSA) is 9.23 Å². The zero-order valence-electron chi connectivity index (χ0n) is 9.90. The lowest BCUT2D eigenvalue weighted by Gasteiger charge is -2.05. The van der Waals surface area contributed by atoms with Crippen LogP contribution in [0.3, 0.4) is 0 Å². The lowest BCUT2D eigenvalue weighted by Crippen LogP contribution is -1.92. The van der Waals surface area contributed by atoms with Gasteiger partial charge in [-0.1, -0.05) is 47.5 Å². The predicted octanol–water partition coefficient (Wildman–Crippen LogP) is 5.79. The first-order valence-corrected chi connectivity index (χ1v) is 7.35. The van der Waals surface area contributed by atoms with Gasteiger partial charge < -0.3 is 4.74 Å². The molecular weight excluding hydrogens is 299 g/mol. The minimum Gasteiger partial charge on any atom is -0.487 e. The zero-order valence-corrected chi connectivity index (χ0v) is 12.2. The number of fused-ring (bicyclic) bond motifs is 1. The Morgan fingerprint density at radius 2 is 1.74 bits per heavy atom. The summed E-state index contributed by atoms with van der Waals surface area (Å²) in [4.78, 5) is 1.13. The van der Waals surface area contributed by atoms with Crippen molar-refractivity contribution in [1.82, 2.24) is 0 Å². The normalized spacial score (nSPS) is 10.8. The molecule has 0 spiro atoms. The summed E-state index contributed by atoms with van der Waals surface area (Å²) in [5.41, 5.74) is 0. The Balaban J connectivity index is 1.83. The molecule has 1 aromatic heterocycles. The van der Waals surface area contributed by atoms with Crippen molar-refractivity contribution in [2.75, 3.05) is 0 Å². The minimum atomic E-state index is 0.499. The van der Waals surface area contributed by atoms with E-state index in [0.717, 1.165) is 20.0 Å². The van der Waals surface area contributed by atoms with Gasteiger partial charge in [-0.25, -0.2) is 0 Å². The van der Waals surface area contributed by atoms with Crippen LogP contribution < -0.4 is 4.74 Å². The smallest absolute Gasteiger partial charge is 0.138 e. The van der Waals surface area contributed by atoms with Crippen molar-refractivity contribution in [1.29, 1.82) is 0 Å². The first kappa shape index (κ1) is 12.8. The fraction of sp³-hybridized carbons (Fsp3) is 0.0667. The van der Waals surface area contributed by atoms with Gasteiger partial charge in [-0.15, -0.1) is 11.3 Å². The Kier molecular flexibility index (Phi) is 3.65. The van der Waals surface area contributed by atoms with E-state index < -0.39 is 0 Å². The molecule has 2 aromatic carbocycles. The molecular formula is C15H10Cl2OS. The van der Waals surface area contributed by atoms with E-state index in [2.05, 4.69) is 12.1 Å². The summed E-state index contributed by atoms with van der Waals surface area (Å²) >= 11 is 13.9. The maximum absolute atomic E-state index is 6.16. The Labute approximate surface area is 125 Å². The van der Waals surface area contributed by atoms with Crippen LogP contribution in [0.15, 0.2) is 48.5 Å².